The SMILES string of the molecule is COC(=O)c1cc2cc(NC(=O)CN)ccc2s1. The van der Waals surface area contributed by atoms with Crippen LogP contribution in [0.4, 0.5) is 5.69 Å². The lowest BCUT2D eigenvalue weighted by Crippen LogP contribution is -2.21. The highest BCUT2D eigenvalue weighted by Gasteiger charge is 2.10. The molecule has 0 saturated carbocycles. The molecule has 0 aliphatic rings. The van der Waals surface area contributed by atoms with Gasteiger partial charge in [-0.25, -0.2) is 4.79 Å². The molecule has 2 rings (SSSR count). The summed E-state index contributed by atoms with van der Waals surface area (Å²) in [7, 11) is 1.35. The van der Waals surface area contributed by atoms with Crippen LogP contribution in [-0.2, 0) is 9.53 Å². The van der Waals surface area contributed by atoms with Crippen molar-refractivity contribution in [1.29, 1.82) is 0 Å². The van der Waals surface area contributed by atoms with Crippen LogP contribution in [0.1, 0.15) is 9.67 Å². The van der Waals surface area contributed by atoms with Gasteiger partial charge < -0.3 is 15.8 Å². The van der Waals surface area contributed by atoms with Crippen molar-refractivity contribution in [1.82, 2.24) is 0 Å². The number of nitrogens with two attached hydrogens (primary N) is 1. The quantitative estimate of drug-likeness (QED) is 0.825. The number of hydrogen-bond donors (Lipinski definition) is 2. The van der Waals surface area contributed by atoms with Gasteiger partial charge in [0.05, 0.1) is 13.7 Å². The Balaban J connectivity index is 2.33. The molecule has 1 aromatic heterocycles. The Morgan fingerprint density at radius 1 is 1.39 bits per heavy atom. The minimum atomic E-state index is -0.358. The minimum absolute atomic E-state index is 0.0604. The molecule has 0 aliphatic heterocycles. The normalized spacial score (nSPS) is 10.3. The Morgan fingerprint density at radius 2 is 2.17 bits per heavy atom. The second-order valence-corrected chi connectivity index (χ2v) is 4.69. The molecule has 3 N–H and O–H groups in total. The van der Waals surface area contributed by atoms with E-state index in [4.69, 9.17) is 5.73 Å². The molecule has 0 bridgehead atoms. The molecule has 18 heavy (non-hydrogen) atoms. The third-order valence-electron chi connectivity index (χ3n) is 2.37. The standard InChI is InChI=1S/C12H12N2O3S/c1-17-12(16)10-5-7-4-8(14-11(15)6-13)2-3-9(7)18-10/h2-5H,6,13H2,1H3,(H,14,15). The van der Waals surface area contributed by atoms with Gasteiger partial charge in [0, 0.05) is 10.4 Å². The second-order valence-electron chi connectivity index (χ2n) is 3.61. The van der Waals surface area contributed by atoms with Gasteiger partial charge in [-0.1, -0.05) is 0 Å². The predicted octanol–water partition coefficient (Wildman–Crippen LogP) is 1.59. The van der Waals surface area contributed by atoms with E-state index < -0.39 is 0 Å². The Bertz CT molecular complexity index is 606. The van der Waals surface area contributed by atoms with E-state index in [-0.39, 0.29) is 18.4 Å². The van der Waals surface area contributed by atoms with Crippen molar-refractivity contribution < 1.29 is 14.3 Å². The van der Waals surface area contributed by atoms with Crippen molar-refractivity contribution in [3.05, 3.63) is 29.1 Å². The van der Waals surface area contributed by atoms with Crippen molar-refractivity contribution in [3.8, 4) is 0 Å². The number of ether oxygens (including phenoxy) is 1. The Hall–Kier alpha value is -1.92. The third-order valence-corrected chi connectivity index (χ3v) is 3.47. The number of fused-ring (bicyclic) bond motifs is 1. The van der Waals surface area contributed by atoms with Gasteiger partial charge in [-0.2, -0.15) is 0 Å². The summed E-state index contributed by atoms with van der Waals surface area (Å²) in [5.74, 6) is -0.610. The van der Waals surface area contributed by atoms with Crippen molar-refractivity contribution in [2.75, 3.05) is 19.0 Å². The van der Waals surface area contributed by atoms with Gasteiger partial charge in [0.15, 0.2) is 0 Å². The van der Waals surface area contributed by atoms with Gasteiger partial charge in [0.25, 0.3) is 0 Å². The molecule has 94 valence electrons. The van der Waals surface area contributed by atoms with Gasteiger partial charge in [0.1, 0.15) is 4.88 Å². The van der Waals surface area contributed by atoms with Gasteiger partial charge in [-0.05, 0) is 29.7 Å². The Morgan fingerprint density at radius 3 is 2.83 bits per heavy atom. The molecule has 0 radical (unpaired) electrons. The first kappa shape index (κ1) is 12.5. The number of carbonyl (C=O) groups excluding carboxylic acids is 2. The highest BCUT2D eigenvalue weighted by molar-refractivity contribution is 7.20. The summed E-state index contributed by atoms with van der Waals surface area (Å²) >= 11 is 1.35. The smallest absolute Gasteiger partial charge is 0.348 e. The van der Waals surface area contributed by atoms with E-state index in [0.29, 0.717) is 10.6 Å². The number of carbonyl (C=O) groups is 2. The molecular formula is C12H12N2O3S. The number of hydrogen-bond acceptors (Lipinski definition) is 5. The lowest BCUT2D eigenvalue weighted by atomic mass is 10.2. The zero-order valence-corrected chi connectivity index (χ0v) is 10.5. The maximum absolute atomic E-state index is 11.4. The van der Waals surface area contributed by atoms with Crippen LogP contribution in [0, 0.1) is 0 Å². The summed E-state index contributed by atoms with van der Waals surface area (Å²) < 4.78 is 5.62. The fourth-order valence-corrected chi connectivity index (χ4v) is 2.50. The Kier molecular flexibility index (Phi) is 3.59. The molecule has 6 heteroatoms. The van der Waals surface area contributed by atoms with E-state index >= 15 is 0 Å². The number of thiophene rings is 1. The average Bonchev–Trinajstić information content (AvgIpc) is 2.80. The van der Waals surface area contributed by atoms with E-state index in [0.717, 1.165) is 10.1 Å². The van der Waals surface area contributed by atoms with Crippen LogP contribution in [0.3, 0.4) is 0 Å². The monoisotopic (exact) mass is 264 g/mol. The van der Waals surface area contributed by atoms with Crippen molar-refractivity contribution in [2.24, 2.45) is 5.73 Å². The van der Waals surface area contributed by atoms with E-state index in [9.17, 15) is 9.59 Å². The van der Waals surface area contributed by atoms with Gasteiger partial charge in [0.2, 0.25) is 5.91 Å². The number of esters is 1. The summed E-state index contributed by atoms with van der Waals surface area (Å²) in [6.07, 6.45) is 0. The molecule has 1 amide bonds. The van der Waals surface area contributed by atoms with Crippen molar-refractivity contribution in [2.45, 2.75) is 0 Å². The van der Waals surface area contributed by atoms with E-state index in [1.165, 1.54) is 18.4 Å². The zero-order valence-electron chi connectivity index (χ0n) is 9.73. The highest BCUT2D eigenvalue weighted by atomic mass is 32.1. The fourth-order valence-electron chi connectivity index (χ4n) is 1.53. The molecule has 0 spiro atoms. The fraction of sp³-hybridized carbons (Fsp3) is 0.167. The van der Waals surface area contributed by atoms with Crippen LogP contribution in [-0.4, -0.2) is 25.5 Å². The topological polar surface area (TPSA) is 81.4 Å². The maximum Gasteiger partial charge on any atom is 0.348 e. The molecule has 0 unspecified atom stereocenters. The largest absolute Gasteiger partial charge is 0.465 e. The lowest BCUT2D eigenvalue weighted by Gasteiger charge is -2.02. The first-order chi connectivity index (χ1) is 8.63. The van der Waals surface area contributed by atoms with E-state index in [1.54, 1.807) is 18.2 Å². The van der Waals surface area contributed by atoms with Crippen LogP contribution in [0.15, 0.2) is 24.3 Å². The number of nitrogens with one attached hydrogen (secondary N) is 1. The van der Waals surface area contributed by atoms with Crippen LogP contribution < -0.4 is 11.1 Å². The number of methoxy groups -OCH3 is 1. The molecule has 2 aromatic rings. The van der Waals surface area contributed by atoms with Crippen LogP contribution in [0.25, 0.3) is 10.1 Å². The molecule has 1 aromatic carbocycles. The summed E-state index contributed by atoms with van der Waals surface area (Å²) in [6.45, 7) is -0.0604. The van der Waals surface area contributed by atoms with Gasteiger partial charge in [-0.15, -0.1) is 11.3 Å². The zero-order chi connectivity index (χ0) is 13.1. The van der Waals surface area contributed by atoms with Crippen LogP contribution in [0.5, 0.6) is 0 Å². The summed E-state index contributed by atoms with van der Waals surface area (Å²) in [4.78, 5) is 23.1. The van der Waals surface area contributed by atoms with Gasteiger partial charge >= 0.3 is 5.97 Å². The summed E-state index contributed by atoms with van der Waals surface area (Å²) in [5.41, 5.74) is 5.88. The maximum atomic E-state index is 11.4. The number of anilines is 1. The highest BCUT2D eigenvalue weighted by Crippen LogP contribution is 2.28. The van der Waals surface area contributed by atoms with Crippen LogP contribution in [0.2, 0.25) is 0 Å². The second kappa shape index (κ2) is 5.16. The molecule has 0 aliphatic carbocycles. The summed E-state index contributed by atoms with van der Waals surface area (Å²) in [5, 5.41) is 3.55. The molecule has 0 atom stereocenters. The van der Waals surface area contributed by atoms with Gasteiger partial charge in [-0.3, -0.25) is 4.79 Å². The lowest BCUT2D eigenvalue weighted by molar-refractivity contribution is -0.114. The molecule has 1 heterocycles. The Labute approximate surface area is 108 Å². The predicted molar refractivity (Wildman–Crippen MR) is 70.8 cm³/mol. The summed E-state index contributed by atoms with van der Waals surface area (Å²) in [6, 6.07) is 7.15. The first-order valence-corrected chi connectivity index (χ1v) is 6.07. The minimum Gasteiger partial charge on any atom is -0.465 e. The molecule has 5 nitrogen and oxygen atoms in total. The molecular weight excluding hydrogens is 252 g/mol. The molecule has 0 saturated heterocycles. The average molecular weight is 264 g/mol. The van der Waals surface area contributed by atoms with Crippen molar-refractivity contribution >= 4 is 39.0 Å². The third kappa shape index (κ3) is 2.49. The van der Waals surface area contributed by atoms with Crippen LogP contribution >= 0.6 is 11.3 Å². The van der Waals surface area contributed by atoms with Crippen molar-refractivity contribution in [3.63, 3.8) is 0 Å². The van der Waals surface area contributed by atoms with E-state index in [1.807, 2.05) is 6.07 Å². The number of rotatable bonds is 3. The number of amides is 1. The first-order valence-electron chi connectivity index (χ1n) is 5.26. The number of benzene rings is 1. The van der Waals surface area contributed by atoms with E-state index in [2.05, 4.69) is 10.1 Å². The molecule has 0 fully saturated rings.